The van der Waals surface area contributed by atoms with Gasteiger partial charge in [-0.3, -0.25) is 4.79 Å². The summed E-state index contributed by atoms with van der Waals surface area (Å²) in [6, 6.07) is -0.396. The Balaban J connectivity index is 3.76. The van der Waals surface area contributed by atoms with Crippen molar-refractivity contribution in [3.8, 4) is 0 Å². The minimum absolute atomic E-state index is 0.103. The summed E-state index contributed by atoms with van der Waals surface area (Å²) in [5.41, 5.74) is 0. The summed E-state index contributed by atoms with van der Waals surface area (Å²) in [4.78, 5) is 22.4. The maximum absolute atomic E-state index is 11.6. The summed E-state index contributed by atoms with van der Waals surface area (Å²) in [5, 5.41) is 5.36. The molecule has 0 unspecified atom stereocenters. The topological polar surface area (TPSA) is 105 Å². The van der Waals surface area contributed by atoms with E-state index in [2.05, 4.69) is 15.4 Å². The van der Waals surface area contributed by atoms with Gasteiger partial charge in [0.05, 0.1) is 13.4 Å². The Labute approximate surface area is 139 Å². The fourth-order valence-corrected chi connectivity index (χ4v) is 3.23. The first-order chi connectivity index (χ1) is 10.7. The van der Waals surface area contributed by atoms with Gasteiger partial charge in [0.15, 0.2) is 0 Å². The number of urea groups is 1. The Bertz CT molecular complexity index is 465. The second-order valence-electron chi connectivity index (χ2n) is 5.54. The Morgan fingerprint density at radius 1 is 1.09 bits per heavy atom. The van der Waals surface area contributed by atoms with E-state index in [1.165, 1.54) is 17.7 Å². The highest BCUT2D eigenvalue weighted by Gasteiger charge is 2.19. The van der Waals surface area contributed by atoms with E-state index in [1.807, 2.05) is 13.8 Å². The van der Waals surface area contributed by atoms with Gasteiger partial charge >= 0.3 is 12.0 Å². The van der Waals surface area contributed by atoms with Crippen molar-refractivity contribution in [1.29, 1.82) is 0 Å². The largest absolute Gasteiger partial charge is 0.469 e. The number of nitrogens with zero attached hydrogens (tertiary/aromatic N) is 1. The molecule has 0 aromatic carbocycles. The van der Waals surface area contributed by atoms with E-state index in [0.29, 0.717) is 45.3 Å². The van der Waals surface area contributed by atoms with Crippen molar-refractivity contribution in [2.45, 2.75) is 45.6 Å². The molecule has 0 rings (SSSR count). The second-order valence-corrected chi connectivity index (χ2v) is 7.47. The van der Waals surface area contributed by atoms with E-state index in [9.17, 15) is 18.0 Å². The predicted octanol–water partition coefficient (Wildman–Crippen LogP) is 0.689. The molecule has 0 spiro atoms. The van der Waals surface area contributed by atoms with Gasteiger partial charge in [0.1, 0.15) is 0 Å². The Morgan fingerprint density at radius 3 is 2.13 bits per heavy atom. The first-order valence-corrected chi connectivity index (χ1v) is 9.58. The van der Waals surface area contributed by atoms with Gasteiger partial charge in [0, 0.05) is 32.1 Å². The molecule has 0 saturated heterocycles. The van der Waals surface area contributed by atoms with Crippen molar-refractivity contribution >= 4 is 22.0 Å². The minimum Gasteiger partial charge on any atom is -0.469 e. The standard InChI is InChI=1S/C14H29N3O5S/c1-12(2)17(23(4,20)21)11-7-10-16-14(19)15-9-6-5-8-13(18)22-3/h12H,5-11H2,1-4H3,(H2,15,16,19). The first-order valence-electron chi connectivity index (χ1n) is 7.73. The van der Waals surface area contributed by atoms with Crippen LogP contribution in [0.25, 0.3) is 0 Å². The molecule has 0 radical (unpaired) electrons. The Morgan fingerprint density at radius 2 is 1.65 bits per heavy atom. The summed E-state index contributed by atoms with van der Waals surface area (Å²) >= 11 is 0. The zero-order chi connectivity index (χ0) is 17.9. The van der Waals surface area contributed by atoms with Crippen LogP contribution in [0.5, 0.6) is 0 Å². The number of hydrogen-bond donors (Lipinski definition) is 2. The number of esters is 1. The van der Waals surface area contributed by atoms with Crippen LogP contribution in [0.15, 0.2) is 0 Å². The van der Waals surface area contributed by atoms with Crippen molar-refractivity contribution < 1.29 is 22.7 Å². The fraction of sp³-hybridized carbons (Fsp3) is 0.857. The summed E-state index contributed by atoms with van der Waals surface area (Å²) in [5.74, 6) is -0.255. The van der Waals surface area contributed by atoms with Gasteiger partial charge in [-0.2, -0.15) is 4.31 Å². The van der Waals surface area contributed by atoms with Crippen molar-refractivity contribution in [3.05, 3.63) is 0 Å². The monoisotopic (exact) mass is 351 g/mol. The summed E-state index contributed by atoms with van der Waals surface area (Å²) < 4.78 is 29.1. The third-order valence-corrected chi connectivity index (χ3v) is 4.62. The lowest BCUT2D eigenvalue weighted by atomic mass is 10.2. The second kappa shape index (κ2) is 11.2. The summed E-state index contributed by atoms with van der Waals surface area (Å²) in [6.07, 6.45) is 3.42. The zero-order valence-corrected chi connectivity index (χ0v) is 15.2. The Hall–Kier alpha value is -1.35. The van der Waals surface area contributed by atoms with Gasteiger partial charge in [-0.25, -0.2) is 13.2 Å². The smallest absolute Gasteiger partial charge is 0.314 e. The molecule has 0 aliphatic carbocycles. The number of sulfonamides is 1. The lowest BCUT2D eigenvalue weighted by Gasteiger charge is -2.23. The molecular weight excluding hydrogens is 322 g/mol. The molecule has 0 saturated carbocycles. The number of carbonyl (C=O) groups excluding carboxylic acids is 2. The number of hydrogen-bond acceptors (Lipinski definition) is 5. The van der Waals surface area contributed by atoms with Crippen LogP contribution < -0.4 is 10.6 Å². The number of amides is 2. The fourth-order valence-electron chi connectivity index (χ4n) is 2.00. The maximum atomic E-state index is 11.6. The minimum atomic E-state index is -3.23. The molecule has 0 aromatic heterocycles. The van der Waals surface area contributed by atoms with E-state index in [4.69, 9.17) is 0 Å². The molecule has 8 nitrogen and oxygen atoms in total. The van der Waals surface area contributed by atoms with Crippen molar-refractivity contribution in [2.24, 2.45) is 0 Å². The van der Waals surface area contributed by atoms with Crippen LogP contribution in [0.4, 0.5) is 4.79 Å². The highest BCUT2D eigenvalue weighted by atomic mass is 32.2. The highest BCUT2D eigenvalue weighted by Crippen LogP contribution is 2.05. The normalized spacial score (nSPS) is 11.6. The number of unbranched alkanes of at least 4 members (excludes halogenated alkanes) is 1. The molecule has 136 valence electrons. The van der Waals surface area contributed by atoms with Crippen LogP contribution in [0.1, 0.15) is 39.5 Å². The lowest BCUT2D eigenvalue weighted by Crippen LogP contribution is -2.40. The van der Waals surface area contributed by atoms with Crippen LogP contribution in [0, 0.1) is 0 Å². The van der Waals surface area contributed by atoms with Crippen molar-refractivity contribution in [2.75, 3.05) is 33.0 Å². The van der Waals surface area contributed by atoms with Crippen LogP contribution in [0.2, 0.25) is 0 Å². The van der Waals surface area contributed by atoms with Gasteiger partial charge in [0.25, 0.3) is 0 Å². The molecule has 23 heavy (non-hydrogen) atoms. The molecule has 0 bridgehead atoms. The van der Waals surface area contributed by atoms with Crippen LogP contribution in [-0.4, -0.2) is 63.8 Å². The van der Waals surface area contributed by atoms with E-state index in [-0.39, 0.29) is 18.0 Å². The predicted molar refractivity (Wildman–Crippen MR) is 88.6 cm³/mol. The molecule has 0 atom stereocenters. The number of nitrogens with one attached hydrogen (secondary N) is 2. The van der Waals surface area contributed by atoms with Gasteiger partial charge in [-0.15, -0.1) is 0 Å². The highest BCUT2D eigenvalue weighted by molar-refractivity contribution is 7.88. The molecule has 0 heterocycles. The third kappa shape index (κ3) is 10.9. The molecule has 2 N–H and O–H groups in total. The first kappa shape index (κ1) is 21.6. The average Bonchev–Trinajstić information content (AvgIpc) is 2.44. The lowest BCUT2D eigenvalue weighted by molar-refractivity contribution is -0.140. The SMILES string of the molecule is COC(=O)CCCCNC(=O)NCCCN(C(C)C)S(C)(=O)=O. The van der Waals surface area contributed by atoms with Crippen molar-refractivity contribution in [1.82, 2.24) is 14.9 Å². The van der Waals surface area contributed by atoms with E-state index < -0.39 is 10.0 Å². The third-order valence-electron chi connectivity index (χ3n) is 3.16. The van der Waals surface area contributed by atoms with E-state index in [1.54, 1.807) is 0 Å². The molecule has 0 aliphatic rings. The van der Waals surface area contributed by atoms with Crippen LogP contribution >= 0.6 is 0 Å². The van der Waals surface area contributed by atoms with Crippen LogP contribution in [-0.2, 0) is 19.6 Å². The van der Waals surface area contributed by atoms with E-state index >= 15 is 0 Å². The number of methoxy groups -OCH3 is 1. The van der Waals surface area contributed by atoms with E-state index in [0.717, 1.165) is 0 Å². The molecular formula is C14H29N3O5S. The quantitative estimate of drug-likeness (QED) is 0.421. The molecule has 0 fully saturated rings. The van der Waals surface area contributed by atoms with Gasteiger partial charge in [0.2, 0.25) is 10.0 Å². The molecule has 9 heteroatoms. The van der Waals surface area contributed by atoms with Gasteiger partial charge in [-0.05, 0) is 33.1 Å². The summed E-state index contributed by atoms with van der Waals surface area (Å²) in [7, 11) is -1.88. The Kier molecular flexibility index (Phi) is 10.6. The molecule has 2 amide bonds. The summed E-state index contributed by atoms with van der Waals surface area (Å²) in [6.45, 7) is 4.87. The number of ether oxygens (including phenoxy) is 1. The van der Waals surface area contributed by atoms with Gasteiger partial charge in [-0.1, -0.05) is 0 Å². The number of rotatable bonds is 11. The van der Waals surface area contributed by atoms with Crippen molar-refractivity contribution in [3.63, 3.8) is 0 Å². The van der Waals surface area contributed by atoms with Gasteiger partial charge < -0.3 is 15.4 Å². The average molecular weight is 351 g/mol. The molecule has 0 aromatic rings. The van der Waals surface area contributed by atoms with Crippen LogP contribution in [0.3, 0.4) is 0 Å². The zero-order valence-electron chi connectivity index (χ0n) is 14.4. The maximum Gasteiger partial charge on any atom is 0.314 e. The molecule has 0 aliphatic heterocycles. The number of carbonyl (C=O) groups is 2.